The molecular formula is C25H48O5. The fourth-order valence-electron chi connectivity index (χ4n) is 4.00. The Hall–Kier alpha value is -0.460. The smallest absolute Gasteiger partial charge is 0.114 e. The van der Waals surface area contributed by atoms with E-state index in [4.69, 9.17) is 14.6 Å². The summed E-state index contributed by atoms with van der Waals surface area (Å²) in [5, 5.41) is 28.7. The molecule has 4 atom stereocenters. The van der Waals surface area contributed by atoms with Crippen molar-refractivity contribution in [1.29, 1.82) is 0 Å². The van der Waals surface area contributed by atoms with E-state index >= 15 is 0 Å². The fourth-order valence-corrected chi connectivity index (χ4v) is 4.00. The van der Waals surface area contributed by atoms with Gasteiger partial charge in [0, 0.05) is 6.61 Å². The van der Waals surface area contributed by atoms with Crippen LogP contribution in [-0.2, 0) is 9.47 Å². The third-order valence-corrected chi connectivity index (χ3v) is 5.95. The van der Waals surface area contributed by atoms with Crippen molar-refractivity contribution in [2.24, 2.45) is 0 Å². The van der Waals surface area contributed by atoms with E-state index in [2.05, 4.69) is 19.1 Å². The van der Waals surface area contributed by atoms with Gasteiger partial charge in [-0.25, -0.2) is 0 Å². The number of rotatable bonds is 20. The van der Waals surface area contributed by atoms with Crippen molar-refractivity contribution < 1.29 is 24.8 Å². The molecule has 1 heterocycles. The number of aliphatic hydroxyl groups is 3. The molecule has 1 rings (SSSR count). The quantitative estimate of drug-likeness (QED) is 0.190. The number of hydrogen-bond acceptors (Lipinski definition) is 5. The van der Waals surface area contributed by atoms with Crippen LogP contribution in [0.4, 0.5) is 0 Å². The monoisotopic (exact) mass is 428 g/mol. The maximum atomic E-state index is 9.90. The van der Waals surface area contributed by atoms with E-state index in [1.54, 1.807) is 0 Å². The van der Waals surface area contributed by atoms with Crippen molar-refractivity contribution >= 4 is 0 Å². The van der Waals surface area contributed by atoms with Crippen LogP contribution >= 0.6 is 0 Å². The van der Waals surface area contributed by atoms with Crippen LogP contribution in [0.1, 0.15) is 103 Å². The van der Waals surface area contributed by atoms with Crippen molar-refractivity contribution in [3.05, 3.63) is 12.2 Å². The molecule has 0 radical (unpaired) electrons. The second kappa shape index (κ2) is 19.2. The predicted octanol–water partition coefficient (Wildman–Crippen LogP) is 4.91. The zero-order valence-corrected chi connectivity index (χ0v) is 19.4. The van der Waals surface area contributed by atoms with Crippen LogP contribution in [0.3, 0.4) is 0 Å². The number of ether oxygens (including phenoxy) is 2. The number of hydrogen-bond donors (Lipinski definition) is 3. The van der Waals surface area contributed by atoms with E-state index in [0.717, 1.165) is 12.8 Å². The van der Waals surface area contributed by atoms with Crippen LogP contribution in [0.5, 0.6) is 0 Å². The molecule has 178 valence electrons. The van der Waals surface area contributed by atoms with Crippen LogP contribution in [0, 0.1) is 0 Å². The Balaban J connectivity index is 1.84. The van der Waals surface area contributed by atoms with Crippen molar-refractivity contribution in [1.82, 2.24) is 0 Å². The van der Waals surface area contributed by atoms with Gasteiger partial charge in [0.15, 0.2) is 0 Å². The summed E-state index contributed by atoms with van der Waals surface area (Å²) in [6.45, 7) is 2.59. The summed E-state index contributed by atoms with van der Waals surface area (Å²) in [4.78, 5) is 0. The van der Waals surface area contributed by atoms with Crippen LogP contribution < -0.4 is 0 Å². The standard InChI is InChI=1S/C25H48O5/c1-2-3-4-5-6-7-8-9-10-11-12-13-14-15-16-17-18-19-29-25-23(28)21-30-24(25)22(27)20-26/h8-9,22-28H,2-7,10-21H2,1H3/b9-8+/t22-,23+,24+,25+/m1/s1. The maximum Gasteiger partial charge on any atom is 0.114 e. The number of aliphatic hydroxyl groups excluding tert-OH is 3. The van der Waals surface area contributed by atoms with Crippen LogP contribution in [0.25, 0.3) is 0 Å². The summed E-state index contributed by atoms with van der Waals surface area (Å²) in [6.07, 6.45) is 21.0. The van der Waals surface area contributed by atoms with Crippen molar-refractivity contribution in [2.45, 2.75) is 128 Å². The normalized spacial score (nSPS) is 22.9. The maximum absolute atomic E-state index is 9.90. The van der Waals surface area contributed by atoms with E-state index in [9.17, 15) is 10.2 Å². The van der Waals surface area contributed by atoms with Crippen LogP contribution in [0.2, 0.25) is 0 Å². The minimum atomic E-state index is -1.00. The summed E-state index contributed by atoms with van der Waals surface area (Å²) < 4.78 is 11.1. The van der Waals surface area contributed by atoms with Gasteiger partial charge in [-0.15, -0.1) is 0 Å². The lowest BCUT2D eigenvalue weighted by Crippen LogP contribution is -2.42. The minimum absolute atomic E-state index is 0.154. The van der Waals surface area contributed by atoms with E-state index in [0.29, 0.717) is 6.61 Å². The molecule has 5 heteroatoms. The lowest BCUT2D eigenvalue weighted by atomic mass is 10.1. The van der Waals surface area contributed by atoms with Crippen molar-refractivity contribution in [3.63, 3.8) is 0 Å². The fraction of sp³-hybridized carbons (Fsp3) is 0.920. The summed E-state index contributed by atoms with van der Waals surface area (Å²) >= 11 is 0. The molecule has 0 spiro atoms. The minimum Gasteiger partial charge on any atom is -0.394 e. The summed E-state index contributed by atoms with van der Waals surface area (Å²) in [5.74, 6) is 0. The Kier molecular flexibility index (Phi) is 17.7. The molecule has 0 saturated carbocycles. The number of unbranched alkanes of at least 4 members (excludes halogenated alkanes) is 13. The van der Waals surface area contributed by atoms with Gasteiger partial charge in [0.25, 0.3) is 0 Å². The van der Waals surface area contributed by atoms with Gasteiger partial charge in [-0.05, 0) is 32.1 Å². The average Bonchev–Trinajstić information content (AvgIpc) is 3.12. The molecule has 0 aromatic carbocycles. The van der Waals surface area contributed by atoms with E-state index in [-0.39, 0.29) is 13.2 Å². The molecule has 1 saturated heterocycles. The first-order valence-corrected chi connectivity index (χ1v) is 12.6. The second-order valence-corrected chi connectivity index (χ2v) is 8.74. The Morgan fingerprint density at radius 3 is 1.97 bits per heavy atom. The predicted molar refractivity (Wildman–Crippen MR) is 123 cm³/mol. The summed E-state index contributed by atoms with van der Waals surface area (Å²) in [5.41, 5.74) is 0. The van der Waals surface area contributed by atoms with Crippen LogP contribution in [-0.4, -0.2) is 59.6 Å². The highest BCUT2D eigenvalue weighted by Gasteiger charge is 2.40. The molecule has 0 bridgehead atoms. The molecule has 5 nitrogen and oxygen atoms in total. The molecule has 0 amide bonds. The lowest BCUT2D eigenvalue weighted by molar-refractivity contribution is -0.0938. The molecule has 0 unspecified atom stereocenters. The molecule has 1 fully saturated rings. The highest BCUT2D eigenvalue weighted by Crippen LogP contribution is 2.21. The zero-order valence-electron chi connectivity index (χ0n) is 19.4. The average molecular weight is 429 g/mol. The van der Waals surface area contributed by atoms with Crippen molar-refractivity contribution in [2.75, 3.05) is 19.8 Å². The summed E-state index contributed by atoms with van der Waals surface area (Å²) in [7, 11) is 0. The van der Waals surface area contributed by atoms with Crippen LogP contribution in [0.15, 0.2) is 12.2 Å². The summed E-state index contributed by atoms with van der Waals surface area (Å²) in [6, 6.07) is 0. The first-order valence-electron chi connectivity index (χ1n) is 12.6. The highest BCUT2D eigenvalue weighted by atomic mass is 16.6. The molecule has 3 N–H and O–H groups in total. The van der Waals surface area contributed by atoms with Crippen molar-refractivity contribution in [3.8, 4) is 0 Å². The Bertz CT molecular complexity index is 401. The zero-order chi connectivity index (χ0) is 21.9. The Morgan fingerprint density at radius 2 is 1.40 bits per heavy atom. The molecule has 0 aromatic rings. The SMILES string of the molecule is CCCCCCC/C=C/CCCCCCCCCCO[C@@H]1[C@H]([C@H](O)CO)OC[C@@H]1O. The molecule has 30 heavy (non-hydrogen) atoms. The largest absolute Gasteiger partial charge is 0.394 e. The molecular weight excluding hydrogens is 380 g/mol. The van der Waals surface area contributed by atoms with Gasteiger partial charge in [-0.2, -0.15) is 0 Å². The van der Waals surface area contributed by atoms with Gasteiger partial charge in [0.05, 0.1) is 13.2 Å². The molecule has 0 aromatic heterocycles. The molecule has 1 aliphatic rings. The second-order valence-electron chi connectivity index (χ2n) is 8.74. The third-order valence-electron chi connectivity index (χ3n) is 5.95. The lowest BCUT2D eigenvalue weighted by Gasteiger charge is -2.23. The first kappa shape index (κ1) is 27.6. The molecule has 1 aliphatic heterocycles. The third kappa shape index (κ3) is 13.1. The van der Waals surface area contributed by atoms with Gasteiger partial charge >= 0.3 is 0 Å². The Morgan fingerprint density at radius 1 is 0.867 bits per heavy atom. The topological polar surface area (TPSA) is 79.2 Å². The van der Waals surface area contributed by atoms with E-state index < -0.39 is 24.4 Å². The van der Waals surface area contributed by atoms with Gasteiger partial charge in [0.1, 0.15) is 24.4 Å². The highest BCUT2D eigenvalue weighted by molar-refractivity contribution is 4.89. The van der Waals surface area contributed by atoms with Gasteiger partial charge in [-0.1, -0.05) is 83.3 Å². The first-order chi connectivity index (χ1) is 14.7. The Labute approximate surface area is 184 Å². The van der Waals surface area contributed by atoms with Gasteiger partial charge < -0.3 is 24.8 Å². The van der Waals surface area contributed by atoms with Gasteiger partial charge in [0.2, 0.25) is 0 Å². The number of allylic oxidation sites excluding steroid dienone is 2. The van der Waals surface area contributed by atoms with E-state index in [1.165, 1.54) is 83.5 Å². The van der Waals surface area contributed by atoms with E-state index in [1.807, 2.05) is 0 Å². The molecule has 0 aliphatic carbocycles. The van der Waals surface area contributed by atoms with Gasteiger partial charge in [-0.3, -0.25) is 0 Å².